The maximum atomic E-state index is 11.8. The van der Waals surface area contributed by atoms with Crippen LogP contribution in [0.15, 0.2) is 23.1 Å². The van der Waals surface area contributed by atoms with Crippen LogP contribution in [-0.4, -0.2) is 46.3 Å². The molecule has 0 radical (unpaired) electrons. The van der Waals surface area contributed by atoms with Gasteiger partial charge in [-0.15, -0.1) is 0 Å². The maximum absolute atomic E-state index is 11.8. The van der Waals surface area contributed by atoms with E-state index < -0.39 is 9.84 Å². The van der Waals surface area contributed by atoms with Crippen molar-refractivity contribution in [1.82, 2.24) is 10.2 Å². The standard InChI is InChI=1S/C15H23ClN2O2S/c1-18-8-4-5-12(11-18)9-17-10-13-14(16)6-3-7-15(13)21(2,19)20/h3,6-7,12,17H,4-5,8-11H2,1-2H3. The fraction of sp³-hybridized carbons (Fsp3) is 0.600. The predicted molar refractivity (Wildman–Crippen MR) is 86.5 cm³/mol. The number of piperidine rings is 1. The molecule has 1 heterocycles. The van der Waals surface area contributed by atoms with Crippen molar-refractivity contribution in [1.29, 1.82) is 0 Å². The van der Waals surface area contributed by atoms with Crippen LogP contribution in [0.2, 0.25) is 5.02 Å². The van der Waals surface area contributed by atoms with Gasteiger partial charge in [-0.25, -0.2) is 8.42 Å². The van der Waals surface area contributed by atoms with Gasteiger partial charge in [-0.1, -0.05) is 17.7 Å². The Morgan fingerprint density at radius 1 is 1.43 bits per heavy atom. The molecule has 0 saturated carbocycles. The Bertz CT molecular complexity index is 589. The van der Waals surface area contributed by atoms with Crippen LogP contribution in [0.4, 0.5) is 0 Å². The maximum Gasteiger partial charge on any atom is 0.175 e. The molecule has 0 aliphatic carbocycles. The van der Waals surface area contributed by atoms with Gasteiger partial charge in [0.25, 0.3) is 0 Å². The predicted octanol–water partition coefficient (Wildman–Crippen LogP) is 2.17. The molecule has 0 bridgehead atoms. The van der Waals surface area contributed by atoms with Gasteiger partial charge in [0, 0.05) is 29.9 Å². The number of hydrogen-bond donors (Lipinski definition) is 1. The number of sulfone groups is 1. The Labute approximate surface area is 132 Å². The summed E-state index contributed by atoms with van der Waals surface area (Å²) in [6.07, 6.45) is 3.67. The first-order chi connectivity index (χ1) is 9.88. The van der Waals surface area contributed by atoms with E-state index in [9.17, 15) is 8.42 Å². The van der Waals surface area contributed by atoms with Crippen LogP contribution in [0.5, 0.6) is 0 Å². The quantitative estimate of drug-likeness (QED) is 0.899. The molecule has 1 unspecified atom stereocenters. The summed E-state index contributed by atoms with van der Waals surface area (Å²) in [6.45, 7) is 3.63. The first kappa shape index (κ1) is 16.7. The van der Waals surface area contributed by atoms with Crippen molar-refractivity contribution < 1.29 is 8.42 Å². The minimum atomic E-state index is -3.25. The molecule has 2 rings (SSSR count). The Balaban J connectivity index is 2.00. The number of likely N-dealkylation sites (tertiary alicyclic amines) is 1. The zero-order valence-corrected chi connectivity index (χ0v) is 14.2. The summed E-state index contributed by atoms with van der Waals surface area (Å²) in [5.74, 6) is 0.618. The molecular weight excluding hydrogens is 308 g/mol. The van der Waals surface area contributed by atoms with Crippen molar-refractivity contribution in [2.75, 3.05) is 32.9 Å². The van der Waals surface area contributed by atoms with Crippen LogP contribution in [0.1, 0.15) is 18.4 Å². The average molecular weight is 331 g/mol. The Kier molecular flexibility index (Phi) is 5.66. The van der Waals surface area contributed by atoms with Gasteiger partial charge in [0.15, 0.2) is 9.84 Å². The minimum absolute atomic E-state index is 0.322. The lowest BCUT2D eigenvalue weighted by Gasteiger charge is -2.29. The first-order valence-corrected chi connectivity index (χ1v) is 9.51. The molecule has 1 aliphatic rings. The van der Waals surface area contributed by atoms with E-state index in [0.29, 0.717) is 27.9 Å². The highest BCUT2D eigenvalue weighted by atomic mass is 35.5. The van der Waals surface area contributed by atoms with Gasteiger partial charge in [-0.05, 0) is 51.0 Å². The largest absolute Gasteiger partial charge is 0.312 e. The Morgan fingerprint density at radius 2 is 2.19 bits per heavy atom. The van der Waals surface area contributed by atoms with Crippen molar-refractivity contribution in [2.45, 2.75) is 24.3 Å². The summed E-state index contributed by atoms with van der Waals surface area (Å²) in [4.78, 5) is 2.66. The number of nitrogens with zero attached hydrogens (tertiary/aromatic N) is 1. The van der Waals surface area contributed by atoms with Gasteiger partial charge >= 0.3 is 0 Å². The third-order valence-electron chi connectivity index (χ3n) is 3.93. The fourth-order valence-electron chi connectivity index (χ4n) is 2.90. The molecule has 1 aromatic carbocycles. The molecule has 1 aliphatic heterocycles. The normalized spacial score (nSPS) is 20.6. The van der Waals surface area contributed by atoms with Crippen molar-refractivity contribution in [3.63, 3.8) is 0 Å². The molecule has 1 saturated heterocycles. The summed E-state index contributed by atoms with van der Waals surface area (Å²) >= 11 is 6.17. The van der Waals surface area contributed by atoms with Crippen LogP contribution in [0.25, 0.3) is 0 Å². The smallest absolute Gasteiger partial charge is 0.175 e. The highest BCUT2D eigenvalue weighted by Crippen LogP contribution is 2.24. The van der Waals surface area contributed by atoms with E-state index in [-0.39, 0.29) is 0 Å². The highest BCUT2D eigenvalue weighted by molar-refractivity contribution is 7.90. The molecule has 0 spiro atoms. The molecule has 1 N–H and O–H groups in total. The van der Waals surface area contributed by atoms with Gasteiger partial charge in [0.2, 0.25) is 0 Å². The lowest BCUT2D eigenvalue weighted by Crippen LogP contribution is -2.37. The zero-order chi connectivity index (χ0) is 15.5. The van der Waals surface area contributed by atoms with Crippen molar-refractivity contribution >= 4 is 21.4 Å². The number of benzene rings is 1. The number of rotatable bonds is 5. The summed E-state index contributed by atoms with van der Waals surface area (Å²) in [5.41, 5.74) is 0.672. The summed E-state index contributed by atoms with van der Waals surface area (Å²) in [5, 5.41) is 3.88. The fourth-order valence-corrected chi connectivity index (χ4v) is 4.15. The van der Waals surface area contributed by atoms with Crippen LogP contribution in [-0.2, 0) is 16.4 Å². The van der Waals surface area contributed by atoms with Crippen LogP contribution in [0.3, 0.4) is 0 Å². The lowest BCUT2D eigenvalue weighted by molar-refractivity contribution is 0.206. The minimum Gasteiger partial charge on any atom is -0.312 e. The third-order valence-corrected chi connectivity index (χ3v) is 5.47. The summed E-state index contributed by atoms with van der Waals surface area (Å²) in [6, 6.07) is 5.03. The Hall–Kier alpha value is -0.620. The highest BCUT2D eigenvalue weighted by Gasteiger charge is 2.18. The monoisotopic (exact) mass is 330 g/mol. The van der Waals surface area contributed by atoms with E-state index >= 15 is 0 Å². The molecule has 6 heteroatoms. The SMILES string of the molecule is CN1CCCC(CNCc2c(Cl)cccc2S(C)(=O)=O)C1. The van der Waals surface area contributed by atoms with E-state index in [1.165, 1.54) is 25.6 Å². The van der Waals surface area contributed by atoms with Crippen LogP contribution < -0.4 is 5.32 Å². The number of nitrogens with one attached hydrogen (secondary N) is 1. The first-order valence-electron chi connectivity index (χ1n) is 7.24. The van der Waals surface area contributed by atoms with Crippen molar-refractivity contribution in [2.24, 2.45) is 5.92 Å². The molecule has 1 atom stereocenters. The molecule has 118 valence electrons. The van der Waals surface area contributed by atoms with Gasteiger partial charge in [0.05, 0.1) is 4.90 Å². The van der Waals surface area contributed by atoms with Gasteiger partial charge < -0.3 is 10.2 Å². The summed E-state index contributed by atoms with van der Waals surface area (Å²) in [7, 11) is -1.11. The van der Waals surface area contributed by atoms with Gasteiger partial charge in [-0.3, -0.25) is 0 Å². The van der Waals surface area contributed by atoms with Gasteiger partial charge in [-0.2, -0.15) is 0 Å². The number of hydrogen-bond acceptors (Lipinski definition) is 4. The zero-order valence-electron chi connectivity index (χ0n) is 12.6. The second kappa shape index (κ2) is 7.09. The van der Waals surface area contributed by atoms with Crippen molar-refractivity contribution in [3.8, 4) is 0 Å². The molecule has 0 amide bonds. The van der Waals surface area contributed by atoms with E-state index in [1.807, 2.05) is 0 Å². The van der Waals surface area contributed by atoms with Crippen LogP contribution in [0, 0.1) is 5.92 Å². The van der Waals surface area contributed by atoms with E-state index in [1.54, 1.807) is 18.2 Å². The van der Waals surface area contributed by atoms with Crippen LogP contribution >= 0.6 is 11.6 Å². The van der Waals surface area contributed by atoms with Crippen molar-refractivity contribution in [3.05, 3.63) is 28.8 Å². The molecular formula is C15H23ClN2O2S. The lowest BCUT2D eigenvalue weighted by atomic mass is 9.98. The molecule has 21 heavy (non-hydrogen) atoms. The summed E-state index contributed by atoms with van der Waals surface area (Å²) < 4.78 is 23.6. The molecule has 0 aromatic heterocycles. The average Bonchev–Trinajstić information content (AvgIpc) is 2.39. The molecule has 4 nitrogen and oxygen atoms in total. The third kappa shape index (κ3) is 4.68. The van der Waals surface area contributed by atoms with Gasteiger partial charge in [0.1, 0.15) is 0 Å². The molecule has 1 aromatic rings. The Morgan fingerprint density at radius 3 is 2.86 bits per heavy atom. The molecule has 1 fully saturated rings. The second-order valence-electron chi connectivity index (χ2n) is 5.89. The van der Waals surface area contributed by atoms with E-state index in [2.05, 4.69) is 17.3 Å². The second-order valence-corrected chi connectivity index (χ2v) is 8.28. The topological polar surface area (TPSA) is 49.4 Å². The van der Waals surface area contributed by atoms with E-state index in [4.69, 9.17) is 11.6 Å². The number of halogens is 1. The van der Waals surface area contributed by atoms with E-state index in [0.717, 1.165) is 13.1 Å².